The number of aryl methyl sites for hydroxylation is 1. The maximum atomic E-state index is 11.4. The molecule has 0 aliphatic carbocycles. The van der Waals surface area contributed by atoms with Crippen LogP contribution in [0.15, 0.2) is 41.6 Å². The third-order valence-corrected chi connectivity index (χ3v) is 4.80. The SMILES string of the molecule is CCc1c[nH]c2ncc(-c3ccc(S(N)(=O)=O)cc3Cl)cc12. The summed E-state index contributed by atoms with van der Waals surface area (Å²) in [6.45, 7) is 2.07. The van der Waals surface area contributed by atoms with Crippen molar-refractivity contribution >= 4 is 32.7 Å². The summed E-state index contributed by atoms with van der Waals surface area (Å²) in [7, 11) is -3.77. The first-order valence-electron chi connectivity index (χ1n) is 6.69. The molecule has 7 heteroatoms. The summed E-state index contributed by atoms with van der Waals surface area (Å²) in [5.74, 6) is 0. The Morgan fingerprint density at radius 1 is 1.32 bits per heavy atom. The molecule has 0 fully saturated rings. The molecule has 0 amide bonds. The largest absolute Gasteiger partial charge is 0.346 e. The van der Waals surface area contributed by atoms with Crippen LogP contribution in [0.1, 0.15) is 12.5 Å². The molecule has 0 atom stereocenters. The number of sulfonamides is 1. The molecule has 0 saturated carbocycles. The van der Waals surface area contributed by atoms with Gasteiger partial charge in [0.15, 0.2) is 0 Å². The van der Waals surface area contributed by atoms with E-state index >= 15 is 0 Å². The second-order valence-corrected chi connectivity index (χ2v) is 6.94. The molecule has 22 heavy (non-hydrogen) atoms. The van der Waals surface area contributed by atoms with Gasteiger partial charge in [-0.05, 0) is 30.2 Å². The van der Waals surface area contributed by atoms with Crippen LogP contribution in [0.5, 0.6) is 0 Å². The molecule has 3 aromatic rings. The molecule has 0 aliphatic rings. The zero-order valence-corrected chi connectivity index (χ0v) is 13.4. The van der Waals surface area contributed by atoms with Crippen LogP contribution in [0.3, 0.4) is 0 Å². The third-order valence-electron chi connectivity index (χ3n) is 3.58. The van der Waals surface area contributed by atoms with Crippen LogP contribution in [0, 0.1) is 0 Å². The molecule has 0 unspecified atom stereocenters. The molecule has 0 bridgehead atoms. The average Bonchev–Trinajstić information content (AvgIpc) is 2.88. The number of pyridine rings is 1. The molecule has 5 nitrogen and oxygen atoms in total. The van der Waals surface area contributed by atoms with E-state index in [1.54, 1.807) is 12.3 Å². The molecule has 2 aromatic heterocycles. The summed E-state index contributed by atoms with van der Waals surface area (Å²) in [6.07, 6.45) is 4.53. The van der Waals surface area contributed by atoms with Gasteiger partial charge in [0.25, 0.3) is 0 Å². The van der Waals surface area contributed by atoms with Crippen molar-refractivity contribution in [2.75, 3.05) is 0 Å². The number of fused-ring (bicyclic) bond motifs is 1. The molecular formula is C15H14ClN3O2S. The number of nitrogens with one attached hydrogen (secondary N) is 1. The highest BCUT2D eigenvalue weighted by molar-refractivity contribution is 7.89. The van der Waals surface area contributed by atoms with Gasteiger partial charge in [-0.3, -0.25) is 0 Å². The smallest absolute Gasteiger partial charge is 0.238 e. The molecule has 0 radical (unpaired) electrons. The quantitative estimate of drug-likeness (QED) is 0.770. The molecule has 3 N–H and O–H groups in total. The molecular weight excluding hydrogens is 322 g/mol. The fraction of sp³-hybridized carbons (Fsp3) is 0.133. The van der Waals surface area contributed by atoms with Crippen LogP contribution in [-0.4, -0.2) is 18.4 Å². The lowest BCUT2D eigenvalue weighted by molar-refractivity contribution is 0.598. The van der Waals surface area contributed by atoms with Crippen LogP contribution in [0.2, 0.25) is 5.02 Å². The maximum Gasteiger partial charge on any atom is 0.238 e. The van der Waals surface area contributed by atoms with Gasteiger partial charge >= 0.3 is 0 Å². The van der Waals surface area contributed by atoms with E-state index in [1.807, 2.05) is 12.3 Å². The number of hydrogen-bond donors (Lipinski definition) is 2. The predicted octanol–water partition coefficient (Wildman–Crippen LogP) is 3.09. The Morgan fingerprint density at radius 3 is 2.73 bits per heavy atom. The van der Waals surface area contributed by atoms with Crippen molar-refractivity contribution in [2.45, 2.75) is 18.2 Å². The Morgan fingerprint density at radius 2 is 2.09 bits per heavy atom. The van der Waals surface area contributed by atoms with Crippen LogP contribution < -0.4 is 5.14 Å². The van der Waals surface area contributed by atoms with Gasteiger partial charge in [-0.1, -0.05) is 24.6 Å². The van der Waals surface area contributed by atoms with E-state index in [-0.39, 0.29) is 4.90 Å². The van der Waals surface area contributed by atoms with Crippen LogP contribution in [-0.2, 0) is 16.4 Å². The Labute approximate surface area is 133 Å². The number of nitrogens with two attached hydrogens (primary N) is 1. The minimum absolute atomic E-state index is 0.00817. The fourth-order valence-electron chi connectivity index (χ4n) is 2.40. The van der Waals surface area contributed by atoms with E-state index in [0.717, 1.165) is 23.0 Å². The lowest BCUT2D eigenvalue weighted by Crippen LogP contribution is -2.11. The number of aromatic amines is 1. The molecule has 2 heterocycles. The summed E-state index contributed by atoms with van der Waals surface area (Å²) >= 11 is 6.21. The van der Waals surface area contributed by atoms with E-state index in [2.05, 4.69) is 16.9 Å². The summed E-state index contributed by atoms with van der Waals surface area (Å²) < 4.78 is 22.7. The van der Waals surface area contributed by atoms with Crippen LogP contribution >= 0.6 is 11.6 Å². The molecule has 0 saturated heterocycles. The lowest BCUT2D eigenvalue weighted by atomic mass is 10.1. The van der Waals surface area contributed by atoms with Crippen molar-refractivity contribution < 1.29 is 8.42 Å². The lowest BCUT2D eigenvalue weighted by Gasteiger charge is -2.07. The second-order valence-electron chi connectivity index (χ2n) is 4.97. The van der Waals surface area contributed by atoms with Gasteiger partial charge in [0.05, 0.1) is 4.90 Å². The highest BCUT2D eigenvalue weighted by atomic mass is 35.5. The number of rotatable bonds is 3. The number of benzene rings is 1. The summed E-state index contributed by atoms with van der Waals surface area (Å²) in [5.41, 5.74) is 3.53. The van der Waals surface area contributed by atoms with Crippen molar-refractivity contribution in [1.82, 2.24) is 9.97 Å². The predicted molar refractivity (Wildman–Crippen MR) is 87.3 cm³/mol. The summed E-state index contributed by atoms with van der Waals surface area (Å²) in [6, 6.07) is 6.44. The normalized spacial score (nSPS) is 12.0. The number of nitrogens with zero attached hydrogens (tertiary/aromatic N) is 1. The van der Waals surface area contributed by atoms with Crippen molar-refractivity contribution in [3.05, 3.63) is 47.2 Å². The zero-order valence-electron chi connectivity index (χ0n) is 11.8. The van der Waals surface area contributed by atoms with E-state index in [9.17, 15) is 8.42 Å². The Bertz CT molecular complexity index is 964. The van der Waals surface area contributed by atoms with E-state index < -0.39 is 10.0 Å². The number of halogens is 1. The van der Waals surface area contributed by atoms with Gasteiger partial charge in [-0.2, -0.15) is 0 Å². The van der Waals surface area contributed by atoms with Gasteiger partial charge in [0, 0.05) is 33.9 Å². The van der Waals surface area contributed by atoms with Crippen molar-refractivity contribution in [3.8, 4) is 11.1 Å². The minimum Gasteiger partial charge on any atom is -0.346 e. The standard InChI is InChI=1S/C15H14ClN3O2S/c1-2-9-7-18-15-13(9)5-10(8-19-15)12-4-3-11(6-14(12)16)22(17,20)21/h3-8H,2H2,1H3,(H,18,19)(H2,17,20,21). The Hall–Kier alpha value is -1.89. The van der Waals surface area contributed by atoms with E-state index in [1.165, 1.54) is 17.7 Å². The van der Waals surface area contributed by atoms with Crippen LogP contribution in [0.25, 0.3) is 22.2 Å². The topological polar surface area (TPSA) is 88.8 Å². The molecule has 1 aromatic carbocycles. The first kappa shape index (κ1) is 15.0. The van der Waals surface area contributed by atoms with E-state index in [4.69, 9.17) is 16.7 Å². The van der Waals surface area contributed by atoms with Crippen LogP contribution in [0.4, 0.5) is 0 Å². The molecule has 0 spiro atoms. The summed E-state index contributed by atoms with van der Waals surface area (Å²) in [4.78, 5) is 7.49. The first-order chi connectivity index (χ1) is 10.4. The zero-order chi connectivity index (χ0) is 15.9. The number of H-pyrrole nitrogens is 1. The average molecular weight is 336 g/mol. The van der Waals surface area contributed by atoms with Gasteiger partial charge in [-0.15, -0.1) is 0 Å². The monoisotopic (exact) mass is 335 g/mol. The Balaban J connectivity index is 2.15. The molecule has 3 rings (SSSR count). The van der Waals surface area contributed by atoms with Crippen molar-refractivity contribution in [1.29, 1.82) is 0 Å². The number of primary sulfonamides is 1. The van der Waals surface area contributed by atoms with Gasteiger partial charge < -0.3 is 4.98 Å². The van der Waals surface area contributed by atoms with Gasteiger partial charge in [0.1, 0.15) is 5.65 Å². The van der Waals surface area contributed by atoms with E-state index in [0.29, 0.717) is 10.6 Å². The van der Waals surface area contributed by atoms with Gasteiger partial charge in [-0.25, -0.2) is 18.5 Å². The molecule has 0 aliphatic heterocycles. The number of aromatic nitrogens is 2. The maximum absolute atomic E-state index is 11.4. The minimum atomic E-state index is -3.77. The first-order valence-corrected chi connectivity index (χ1v) is 8.61. The fourth-order valence-corrected chi connectivity index (χ4v) is 3.30. The highest BCUT2D eigenvalue weighted by Gasteiger charge is 2.13. The Kier molecular flexibility index (Phi) is 3.68. The third kappa shape index (κ3) is 2.61. The number of hydrogen-bond acceptors (Lipinski definition) is 3. The highest BCUT2D eigenvalue weighted by Crippen LogP contribution is 2.31. The van der Waals surface area contributed by atoms with Gasteiger partial charge in [0.2, 0.25) is 10.0 Å². The molecule has 114 valence electrons. The second kappa shape index (κ2) is 5.39. The van der Waals surface area contributed by atoms with Crippen molar-refractivity contribution in [3.63, 3.8) is 0 Å². The van der Waals surface area contributed by atoms with Crippen molar-refractivity contribution in [2.24, 2.45) is 5.14 Å². The summed E-state index contributed by atoms with van der Waals surface area (Å²) in [5, 5.41) is 6.46.